The van der Waals surface area contributed by atoms with E-state index in [1.54, 1.807) is 0 Å². The zero-order valence-electron chi connectivity index (χ0n) is 13.8. The van der Waals surface area contributed by atoms with Gasteiger partial charge in [0, 0.05) is 26.1 Å². The number of hydrogen-bond acceptors (Lipinski definition) is 3. The van der Waals surface area contributed by atoms with Crippen LogP contribution < -0.4 is 5.32 Å². The molecule has 2 rings (SSSR count). The van der Waals surface area contributed by atoms with Crippen LogP contribution in [0.1, 0.15) is 37.8 Å². The molecule has 0 bridgehead atoms. The van der Waals surface area contributed by atoms with Crippen molar-refractivity contribution in [2.45, 2.75) is 45.1 Å². The molecule has 1 amide bonds. The van der Waals surface area contributed by atoms with Crippen molar-refractivity contribution in [2.24, 2.45) is 5.92 Å². The number of carboxylic acid groups (broad SMARTS) is 1. The van der Waals surface area contributed by atoms with E-state index in [1.807, 2.05) is 24.3 Å². The standard InChI is InChI=1S/C18H25NO4/c1-13(2)11-14-3-5-15(6-4-14)12-16(20)19-18(17(21)22)7-9-23-10-8-18/h3-6,13H,7-12H2,1-2H3,(H,19,20)(H,21,22). The van der Waals surface area contributed by atoms with E-state index in [2.05, 4.69) is 19.2 Å². The molecule has 0 aromatic heterocycles. The van der Waals surface area contributed by atoms with Crippen molar-refractivity contribution in [2.75, 3.05) is 13.2 Å². The Labute approximate surface area is 137 Å². The lowest BCUT2D eigenvalue weighted by molar-refractivity contribution is -0.152. The molecule has 0 aliphatic carbocycles. The number of hydrogen-bond donors (Lipinski definition) is 2. The maximum atomic E-state index is 12.2. The summed E-state index contributed by atoms with van der Waals surface area (Å²) in [5, 5.41) is 12.2. The van der Waals surface area contributed by atoms with Crippen LogP contribution in [0.5, 0.6) is 0 Å². The molecule has 0 spiro atoms. The molecule has 1 fully saturated rings. The molecule has 5 nitrogen and oxygen atoms in total. The van der Waals surface area contributed by atoms with E-state index in [1.165, 1.54) is 5.56 Å². The Balaban J connectivity index is 1.96. The third kappa shape index (κ3) is 4.79. The van der Waals surface area contributed by atoms with E-state index >= 15 is 0 Å². The summed E-state index contributed by atoms with van der Waals surface area (Å²) in [7, 11) is 0. The van der Waals surface area contributed by atoms with Gasteiger partial charge < -0.3 is 15.2 Å². The van der Waals surface area contributed by atoms with Gasteiger partial charge in [-0.05, 0) is 23.5 Å². The molecule has 126 valence electrons. The van der Waals surface area contributed by atoms with Gasteiger partial charge in [0.1, 0.15) is 5.54 Å². The van der Waals surface area contributed by atoms with Crippen LogP contribution in [-0.4, -0.2) is 35.7 Å². The Morgan fingerprint density at radius 2 is 1.74 bits per heavy atom. The van der Waals surface area contributed by atoms with Gasteiger partial charge in [-0.2, -0.15) is 0 Å². The second-order valence-corrected chi connectivity index (χ2v) is 6.64. The highest BCUT2D eigenvalue weighted by Crippen LogP contribution is 2.21. The zero-order chi connectivity index (χ0) is 16.9. The van der Waals surface area contributed by atoms with E-state index in [0.717, 1.165) is 12.0 Å². The van der Waals surface area contributed by atoms with Crippen LogP contribution >= 0.6 is 0 Å². The minimum atomic E-state index is -1.19. The maximum absolute atomic E-state index is 12.2. The molecule has 1 heterocycles. The minimum absolute atomic E-state index is 0.192. The van der Waals surface area contributed by atoms with Gasteiger partial charge in [-0.15, -0.1) is 0 Å². The summed E-state index contributed by atoms with van der Waals surface area (Å²) in [4.78, 5) is 23.8. The van der Waals surface area contributed by atoms with Crippen molar-refractivity contribution < 1.29 is 19.4 Å². The molecule has 0 unspecified atom stereocenters. The Bertz CT molecular complexity index is 545. The van der Waals surface area contributed by atoms with Crippen molar-refractivity contribution in [1.82, 2.24) is 5.32 Å². The smallest absolute Gasteiger partial charge is 0.329 e. The normalized spacial score (nSPS) is 17.0. The Kier molecular flexibility index (Phi) is 5.77. The molecule has 1 aromatic carbocycles. The highest BCUT2D eigenvalue weighted by molar-refractivity contribution is 5.88. The number of carboxylic acids is 1. The lowest BCUT2D eigenvalue weighted by Crippen LogP contribution is -2.57. The van der Waals surface area contributed by atoms with Gasteiger partial charge in [0.05, 0.1) is 6.42 Å². The first-order valence-electron chi connectivity index (χ1n) is 8.11. The van der Waals surface area contributed by atoms with Crippen LogP contribution in [0.4, 0.5) is 0 Å². The predicted molar refractivity (Wildman–Crippen MR) is 87.3 cm³/mol. The molecule has 1 aliphatic heterocycles. The quantitative estimate of drug-likeness (QED) is 0.842. The molecule has 5 heteroatoms. The monoisotopic (exact) mass is 319 g/mol. The summed E-state index contributed by atoms with van der Waals surface area (Å²) in [6, 6.07) is 7.94. The molecular weight excluding hydrogens is 294 g/mol. The Morgan fingerprint density at radius 1 is 1.17 bits per heavy atom. The van der Waals surface area contributed by atoms with Crippen molar-refractivity contribution in [3.63, 3.8) is 0 Å². The Hall–Kier alpha value is -1.88. The largest absolute Gasteiger partial charge is 0.480 e. The van der Waals surface area contributed by atoms with E-state index in [0.29, 0.717) is 32.0 Å². The number of nitrogens with one attached hydrogen (secondary N) is 1. The SMILES string of the molecule is CC(C)Cc1ccc(CC(=O)NC2(C(=O)O)CCOCC2)cc1. The van der Waals surface area contributed by atoms with E-state index in [-0.39, 0.29) is 12.3 Å². The van der Waals surface area contributed by atoms with Gasteiger partial charge in [0.15, 0.2) is 0 Å². The summed E-state index contributed by atoms with van der Waals surface area (Å²) in [5.41, 5.74) is 0.950. The number of aliphatic carboxylic acids is 1. The van der Waals surface area contributed by atoms with Crippen LogP contribution in [0.3, 0.4) is 0 Å². The average Bonchev–Trinajstić information content (AvgIpc) is 2.49. The van der Waals surface area contributed by atoms with Crippen LogP contribution in [0.25, 0.3) is 0 Å². The average molecular weight is 319 g/mol. The minimum Gasteiger partial charge on any atom is -0.480 e. The highest BCUT2D eigenvalue weighted by Gasteiger charge is 2.41. The predicted octanol–water partition coefficient (Wildman–Crippen LogP) is 2.18. The van der Waals surface area contributed by atoms with E-state index < -0.39 is 11.5 Å². The molecule has 0 saturated carbocycles. The van der Waals surface area contributed by atoms with Crippen molar-refractivity contribution >= 4 is 11.9 Å². The molecule has 0 radical (unpaired) electrons. The molecule has 23 heavy (non-hydrogen) atoms. The molecule has 1 aromatic rings. The summed E-state index contributed by atoms with van der Waals surface area (Å²) < 4.78 is 5.20. The number of carbonyl (C=O) groups excluding carboxylic acids is 1. The fourth-order valence-corrected chi connectivity index (χ4v) is 2.87. The Morgan fingerprint density at radius 3 is 2.26 bits per heavy atom. The third-order valence-electron chi connectivity index (χ3n) is 4.17. The lowest BCUT2D eigenvalue weighted by atomic mass is 9.89. The van der Waals surface area contributed by atoms with Crippen LogP contribution in [-0.2, 0) is 27.2 Å². The van der Waals surface area contributed by atoms with Crippen molar-refractivity contribution in [3.8, 4) is 0 Å². The number of benzene rings is 1. The van der Waals surface area contributed by atoms with Gasteiger partial charge in [0.2, 0.25) is 5.91 Å². The summed E-state index contributed by atoms with van der Waals surface area (Å²) >= 11 is 0. The van der Waals surface area contributed by atoms with Gasteiger partial charge >= 0.3 is 5.97 Å². The lowest BCUT2D eigenvalue weighted by Gasteiger charge is -2.33. The second-order valence-electron chi connectivity index (χ2n) is 6.64. The molecule has 2 N–H and O–H groups in total. The first-order chi connectivity index (χ1) is 10.9. The molecular formula is C18H25NO4. The van der Waals surface area contributed by atoms with Gasteiger partial charge in [-0.3, -0.25) is 4.79 Å². The first-order valence-corrected chi connectivity index (χ1v) is 8.11. The number of amides is 1. The molecule has 1 saturated heterocycles. The first kappa shape index (κ1) is 17.5. The second kappa shape index (κ2) is 7.59. The maximum Gasteiger partial charge on any atom is 0.329 e. The zero-order valence-corrected chi connectivity index (χ0v) is 13.8. The van der Waals surface area contributed by atoms with E-state index in [4.69, 9.17) is 4.74 Å². The summed E-state index contributed by atoms with van der Waals surface area (Å²) in [5.74, 6) is -0.652. The third-order valence-corrected chi connectivity index (χ3v) is 4.17. The summed E-state index contributed by atoms with van der Waals surface area (Å²) in [6.07, 6.45) is 1.81. The van der Waals surface area contributed by atoms with Gasteiger partial charge in [-0.25, -0.2) is 4.79 Å². The van der Waals surface area contributed by atoms with E-state index in [9.17, 15) is 14.7 Å². The van der Waals surface area contributed by atoms with Crippen molar-refractivity contribution in [1.29, 1.82) is 0 Å². The molecule has 0 atom stereocenters. The van der Waals surface area contributed by atoms with Gasteiger partial charge in [-0.1, -0.05) is 38.1 Å². The van der Waals surface area contributed by atoms with Crippen LogP contribution in [0.2, 0.25) is 0 Å². The topological polar surface area (TPSA) is 75.6 Å². The van der Waals surface area contributed by atoms with Crippen molar-refractivity contribution in [3.05, 3.63) is 35.4 Å². The fourth-order valence-electron chi connectivity index (χ4n) is 2.87. The number of carbonyl (C=O) groups is 2. The summed E-state index contributed by atoms with van der Waals surface area (Å²) in [6.45, 7) is 5.05. The fraction of sp³-hybridized carbons (Fsp3) is 0.556. The van der Waals surface area contributed by atoms with Crippen LogP contribution in [0, 0.1) is 5.92 Å². The molecule has 1 aliphatic rings. The van der Waals surface area contributed by atoms with Gasteiger partial charge in [0.25, 0.3) is 0 Å². The highest BCUT2D eigenvalue weighted by atomic mass is 16.5. The number of rotatable bonds is 6. The van der Waals surface area contributed by atoms with Crippen LogP contribution in [0.15, 0.2) is 24.3 Å². The number of ether oxygens (including phenoxy) is 1.